The van der Waals surface area contributed by atoms with Crippen LogP contribution in [0.2, 0.25) is 5.02 Å². The van der Waals surface area contributed by atoms with Gasteiger partial charge in [-0.2, -0.15) is 0 Å². The quantitative estimate of drug-likeness (QED) is 0.594. The molecule has 0 saturated heterocycles. The fourth-order valence-electron chi connectivity index (χ4n) is 2.93. The first-order chi connectivity index (χ1) is 8.34. The van der Waals surface area contributed by atoms with Crippen molar-refractivity contribution in [2.24, 2.45) is 5.92 Å². The van der Waals surface area contributed by atoms with Gasteiger partial charge in [-0.05, 0) is 36.5 Å². The molecule has 1 aromatic rings. The molecule has 94 valence electrons. The van der Waals surface area contributed by atoms with Crippen LogP contribution in [0.15, 0.2) is 24.3 Å². The van der Waals surface area contributed by atoms with Crippen molar-refractivity contribution in [1.29, 1.82) is 0 Å². The summed E-state index contributed by atoms with van der Waals surface area (Å²) >= 11 is 5.98. The highest BCUT2D eigenvalue weighted by Crippen LogP contribution is 2.28. The number of unbranched alkanes of at least 4 members (excludes halogenated alkanes) is 1. The molecule has 0 amide bonds. The summed E-state index contributed by atoms with van der Waals surface area (Å²) in [5.74, 6) is 1.03. The smallest absolute Gasteiger partial charge is 0.0408 e. The number of aryl methyl sites for hydroxylation is 1. The van der Waals surface area contributed by atoms with E-state index in [1.54, 1.807) is 0 Å². The molecule has 0 nitrogen and oxygen atoms in total. The van der Waals surface area contributed by atoms with Crippen molar-refractivity contribution in [1.82, 2.24) is 0 Å². The molecule has 1 aromatic carbocycles. The van der Waals surface area contributed by atoms with Gasteiger partial charge >= 0.3 is 0 Å². The van der Waals surface area contributed by atoms with Crippen molar-refractivity contribution < 1.29 is 0 Å². The SMILES string of the molecule is Clc1cccc(CCCCC2CCCCC2)c1. The molecule has 0 atom stereocenters. The van der Waals surface area contributed by atoms with Crippen molar-refractivity contribution in [2.75, 3.05) is 0 Å². The molecule has 1 fully saturated rings. The molecule has 0 aromatic heterocycles. The summed E-state index contributed by atoms with van der Waals surface area (Å²) in [6.07, 6.45) is 12.7. The number of hydrogen-bond donors (Lipinski definition) is 0. The largest absolute Gasteiger partial charge is 0.0843 e. The lowest BCUT2D eigenvalue weighted by atomic mass is 9.85. The first kappa shape index (κ1) is 13.0. The normalized spacial score (nSPS) is 17.2. The number of hydrogen-bond acceptors (Lipinski definition) is 0. The van der Waals surface area contributed by atoms with E-state index in [1.807, 2.05) is 6.07 Å². The summed E-state index contributed by atoms with van der Waals surface area (Å²) in [4.78, 5) is 0. The third-order valence-corrected chi connectivity index (χ3v) is 4.18. The maximum absolute atomic E-state index is 5.98. The van der Waals surface area contributed by atoms with Gasteiger partial charge in [0.05, 0.1) is 0 Å². The van der Waals surface area contributed by atoms with E-state index in [-0.39, 0.29) is 0 Å². The summed E-state index contributed by atoms with van der Waals surface area (Å²) in [5.41, 5.74) is 1.39. The Hall–Kier alpha value is -0.490. The van der Waals surface area contributed by atoms with Crippen LogP contribution in [0.25, 0.3) is 0 Å². The molecule has 1 aliphatic rings. The zero-order valence-corrected chi connectivity index (χ0v) is 11.4. The summed E-state index contributed by atoms with van der Waals surface area (Å²) in [6.45, 7) is 0. The highest BCUT2D eigenvalue weighted by atomic mass is 35.5. The van der Waals surface area contributed by atoms with Gasteiger partial charge in [-0.1, -0.05) is 68.7 Å². The molecule has 0 heterocycles. The summed E-state index contributed by atoms with van der Waals surface area (Å²) in [7, 11) is 0. The van der Waals surface area contributed by atoms with Gasteiger partial charge in [0.2, 0.25) is 0 Å². The van der Waals surface area contributed by atoms with Crippen molar-refractivity contribution in [3.8, 4) is 0 Å². The number of rotatable bonds is 5. The van der Waals surface area contributed by atoms with E-state index in [0.717, 1.165) is 10.9 Å². The van der Waals surface area contributed by atoms with Gasteiger partial charge in [-0.15, -0.1) is 0 Å². The van der Waals surface area contributed by atoms with Crippen LogP contribution in [0.1, 0.15) is 56.9 Å². The van der Waals surface area contributed by atoms with Crippen LogP contribution in [0, 0.1) is 5.92 Å². The summed E-state index contributed by atoms with van der Waals surface area (Å²) in [6, 6.07) is 8.29. The number of benzene rings is 1. The van der Waals surface area contributed by atoms with E-state index in [1.165, 1.54) is 63.4 Å². The average Bonchev–Trinajstić information content (AvgIpc) is 2.36. The minimum atomic E-state index is 0.870. The van der Waals surface area contributed by atoms with Crippen LogP contribution in [0.3, 0.4) is 0 Å². The van der Waals surface area contributed by atoms with Crippen LogP contribution >= 0.6 is 11.6 Å². The zero-order chi connectivity index (χ0) is 11.9. The third kappa shape index (κ3) is 4.71. The average molecular weight is 251 g/mol. The maximum atomic E-state index is 5.98. The molecule has 1 heteroatoms. The second-order valence-electron chi connectivity index (χ2n) is 5.38. The number of halogens is 1. The Morgan fingerprint density at radius 3 is 2.65 bits per heavy atom. The maximum Gasteiger partial charge on any atom is 0.0408 e. The van der Waals surface area contributed by atoms with Crippen LogP contribution < -0.4 is 0 Å². The zero-order valence-electron chi connectivity index (χ0n) is 10.6. The Morgan fingerprint density at radius 2 is 1.88 bits per heavy atom. The molecule has 0 spiro atoms. The molecule has 0 radical (unpaired) electrons. The van der Waals surface area contributed by atoms with E-state index in [4.69, 9.17) is 11.6 Å². The van der Waals surface area contributed by atoms with E-state index in [0.29, 0.717) is 0 Å². The molecule has 0 N–H and O–H groups in total. The van der Waals surface area contributed by atoms with Crippen LogP contribution in [0.5, 0.6) is 0 Å². The van der Waals surface area contributed by atoms with Crippen molar-refractivity contribution >= 4 is 11.6 Å². The molecular weight excluding hydrogens is 228 g/mol. The fourth-order valence-corrected chi connectivity index (χ4v) is 3.14. The first-order valence-electron chi connectivity index (χ1n) is 7.09. The minimum absolute atomic E-state index is 0.870. The van der Waals surface area contributed by atoms with E-state index >= 15 is 0 Å². The van der Waals surface area contributed by atoms with Crippen molar-refractivity contribution in [3.05, 3.63) is 34.9 Å². The molecule has 0 aliphatic heterocycles. The van der Waals surface area contributed by atoms with Gasteiger partial charge in [-0.25, -0.2) is 0 Å². The van der Waals surface area contributed by atoms with Gasteiger partial charge in [0.15, 0.2) is 0 Å². The lowest BCUT2D eigenvalue weighted by molar-refractivity contribution is 0.330. The summed E-state index contributed by atoms with van der Waals surface area (Å²) in [5, 5.41) is 0.870. The van der Waals surface area contributed by atoms with Gasteiger partial charge in [0.25, 0.3) is 0 Å². The predicted octanol–water partition coefficient (Wildman–Crippen LogP) is 5.63. The van der Waals surface area contributed by atoms with E-state index in [9.17, 15) is 0 Å². The van der Waals surface area contributed by atoms with Crippen LogP contribution in [-0.4, -0.2) is 0 Å². The highest BCUT2D eigenvalue weighted by Gasteiger charge is 2.12. The Kier molecular flexibility index (Phi) is 5.38. The van der Waals surface area contributed by atoms with Gasteiger partial charge in [0, 0.05) is 5.02 Å². The second kappa shape index (κ2) is 7.06. The Balaban J connectivity index is 1.62. The molecule has 17 heavy (non-hydrogen) atoms. The second-order valence-corrected chi connectivity index (χ2v) is 5.82. The first-order valence-corrected chi connectivity index (χ1v) is 7.47. The lowest BCUT2D eigenvalue weighted by Gasteiger charge is -2.21. The molecule has 1 aliphatic carbocycles. The standard InChI is InChI=1S/C16H23Cl/c17-16-12-6-11-15(13-16)10-5-4-9-14-7-2-1-3-8-14/h6,11-14H,1-5,7-10H2. The monoisotopic (exact) mass is 250 g/mol. The molecular formula is C16H23Cl. The Morgan fingerprint density at radius 1 is 1.06 bits per heavy atom. The Labute approximate surface area is 110 Å². The van der Waals surface area contributed by atoms with Crippen LogP contribution in [-0.2, 0) is 6.42 Å². The highest BCUT2D eigenvalue weighted by molar-refractivity contribution is 6.30. The van der Waals surface area contributed by atoms with E-state index < -0.39 is 0 Å². The topological polar surface area (TPSA) is 0 Å². The molecule has 0 unspecified atom stereocenters. The minimum Gasteiger partial charge on any atom is -0.0843 e. The predicted molar refractivity (Wildman–Crippen MR) is 75.6 cm³/mol. The summed E-state index contributed by atoms with van der Waals surface area (Å²) < 4.78 is 0. The van der Waals surface area contributed by atoms with Crippen molar-refractivity contribution in [2.45, 2.75) is 57.8 Å². The Bertz CT molecular complexity index is 326. The molecule has 2 rings (SSSR count). The van der Waals surface area contributed by atoms with Gasteiger partial charge in [-0.3, -0.25) is 0 Å². The van der Waals surface area contributed by atoms with Crippen molar-refractivity contribution in [3.63, 3.8) is 0 Å². The molecule has 1 saturated carbocycles. The lowest BCUT2D eigenvalue weighted by Crippen LogP contribution is -2.05. The van der Waals surface area contributed by atoms with Gasteiger partial charge < -0.3 is 0 Å². The van der Waals surface area contributed by atoms with Gasteiger partial charge in [0.1, 0.15) is 0 Å². The van der Waals surface area contributed by atoms with Crippen LogP contribution in [0.4, 0.5) is 0 Å². The molecule has 0 bridgehead atoms. The van der Waals surface area contributed by atoms with E-state index in [2.05, 4.69) is 18.2 Å². The third-order valence-electron chi connectivity index (χ3n) is 3.94. The fraction of sp³-hybridized carbons (Fsp3) is 0.625.